The summed E-state index contributed by atoms with van der Waals surface area (Å²) in [6.07, 6.45) is 3.47. The summed E-state index contributed by atoms with van der Waals surface area (Å²) in [5.41, 5.74) is -0.304. The molecular formula is C16H26N2O5. The summed E-state index contributed by atoms with van der Waals surface area (Å²) in [5, 5.41) is 2.72. The molecule has 0 radical (unpaired) electrons. The van der Waals surface area contributed by atoms with E-state index >= 15 is 0 Å². The number of oxazole rings is 1. The molecule has 1 unspecified atom stereocenters. The number of aromatic nitrogens is 1. The topological polar surface area (TPSA) is 90.7 Å². The number of nitrogens with zero attached hydrogens (tertiary/aromatic N) is 1. The van der Waals surface area contributed by atoms with Gasteiger partial charge in [-0.1, -0.05) is 13.3 Å². The zero-order valence-corrected chi connectivity index (χ0v) is 14.5. The van der Waals surface area contributed by atoms with E-state index in [1.54, 1.807) is 0 Å². The zero-order chi connectivity index (χ0) is 17.5. The Hall–Kier alpha value is -2.05. The van der Waals surface area contributed by atoms with Gasteiger partial charge >= 0.3 is 12.1 Å². The Morgan fingerprint density at radius 3 is 2.65 bits per heavy atom. The molecule has 0 saturated heterocycles. The van der Waals surface area contributed by atoms with Crippen LogP contribution in [0.2, 0.25) is 0 Å². The molecule has 1 aromatic rings. The standard InChI is InChI=1S/C16H26N2O5/c1-11(13-18-12(10-22-13)14(19)21-5)8-6-7-9-17-15(20)23-16(2,3)4/h10-11H,6-9H2,1-5H3,(H,17,20). The van der Waals surface area contributed by atoms with Gasteiger partial charge in [-0.25, -0.2) is 14.6 Å². The second kappa shape index (κ2) is 8.55. The molecule has 0 aromatic carbocycles. The molecule has 0 spiro atoms. The van der Waals surface area contributed by atoms with E-state index in [0.717, 1.165) is 19.3 Å². The van der Waals surface area contributed by atoms with E-state index in [-0.39, 0.29) is 11.6 Å². The number of esters is 1. The maximum absolute atomic E-state index is 11.5. The molecule has 0 aliphatic carbocycles. The van der Waals surface area contributed by atoms with Crippen molar-refractivity contribution in [2.24, 2.45) is 0 Å². The van der Waals surface area contributed by atoms with E-state index in [2.05, 4.69) is 15.0 Å². The number of unbranched alkanes of at least 4 members (excludes halogenated alkanes) is 1. The number of methoxy groups -OCH3 is 1. The third kappa shape index (κ3) is 7.17. The van der Waals surface area contributed by atoms with E-state index in [1.165, 1.54) is 13.4 Å². The van der Waals surface area contributed by atoms with Gasteiger partial charge in [0.05, 0.1) is 7.11 Å². The van der Waals surface area contributed by atoms with Crippen molar-refractivity contribution in [2.75, 3.05) is 13.7 Å². The van der Waals surface area contributed by atoms with E-state index < -0.39 is 17.7 Å². The highest BCUT2D eigenvalue weighted by Gasteiger charge is 2.17. The molecule has 1 atom stereocenters. The van der Waals surface area contributed by atoms with E-state index in [4.69, 9.17) is 9.15 Å². The van der Waals surface area contributed by atoms with Crippen molar-refractivity contribution in [3.05, 3.63) is 17.8 Å². The van der Waals surface area contributed by atoms with Gasteiger partial charge < -0.3 is 19.2 Å². The Balaban J connectivity index is 2.24. The first-order valence-electron chi connectivity index (χ1n) is 7.73. The van der Waals surface area contributed by atoms with Crippen LogP contribution in [0.15, 0.2) is 10.7 Å². The second-order valence-corrected chi connectivity index (χ2v) is 6.39. The van der Waals surface area contributed by atoms with Gasteiger partial charge in [0.1, 0.15) is 11.9 Å². The first-order chi connectivity index (χ1) is 10.7. The van der Waals surface area contributed by atoms with Gasteiger partial charge in [0.25, 0.3) is 0 Å². The van der Waals surface area contributed by atoms with Crippen molar-refractivity contribution in [3.63, 3.8) is 0 Å². The van der Waals surface area contributed by atoms with Crippen LogP contribution in [0.5, 0.6) is 0 Å². The summed E-state index contributed by atoms with van der Waals surface area (Å²) in [6, 6.07) is 0. The highest BCUT2D eigenvalue weighted by Crippen LogP contribution is 2.20. The van der Waals surface area contributed by atoms with Crippen LogP contribution in [0.1, 0.15) is 69.3 Å². The van der Waals surface area contributed by atoms with Gasteiger partial charge in [0.15, 0.2) is 11.6 Å². The van der Waals surface area contributed by atoms with Crippen LogP contribution in [0.4, 0.5) is 4.79 Å². The number of amides is 1. The molecule has 23 heavy (non-hydrogen) atoms. The number of nitrogens with one attached hydrogen (secondary N) is 1. The minimum absolute atomic E-state index is 0.0925. The summed E-state index contributed by atoms with van der Waals surface area (Å²) >= 11 is 0. The average Bonchev–Trinajstić information content (AvgIpc) is 2.93. The van der Waals surface area contributed by atoms with Crippen molar-refractivity contribution in [1.29, 1.82) is 0 Å². The van der Waals surface area contributed by atoms with Crippen LogP contribution in [0, 0.1) is 0 Å². The van der Waals surface area contributed by atoms with Gasteiger partial charge in [-0.2, -0.15) is 0 Å². The Labute approximate surface area is 136 Å². The Morgan fingerprint density at radius 2 is 2.04 bits per heavy atom. The van der Waals surface area contributed by atoms with E-state index in [0.29, 0.717) is 12.4 Å². The van der Waals surface area contributed by atoms with E-state index in [9.17, 15) is 9.59 Å². The molecule has 7 nitrogen and oxygen atoms in total. The van der Waals surface area contributed by atoms with Gasteiger partial charge in [-0.15, -0.1) is 0 Å². The SMILES string of the molecule is COC(=O)c1coc(C(C)CCCCNC(=O)OC(C)(C)C)n1. The molecule has 0 saturated carbocycles. The molecule has 1 amide bonds. The number of alkyl carbamates (subject to hydrolysis) is 1. The lowest BCUT2D eigenvalue weighted by Crippen LogP contribution is -2.33. The van der Waals surface area contributed by atoms with Gasteiger partial charge in [-0.3, -0.25) is 0 Å². The Kier molecular flexibility index (Phi) is 7.06. The molecule has 0 aliphatic heterocycles. The lowest BCUT2D eigenvalue weighted by molar-refractivity contribution is 0.0525. The number of rotatable bonds is 7. The second-order valence-electron chi connectivity index (χ2n) is 6.39. The van der Waals surface area contributed by atoms with Crippen molar-refractivity contribution >= 4 is 12.1 Å². The summed E-state index contributed by atoms with van der Waals surface area (Å²) in [4.78, 5) is 26.9. The van der Waals surface area contributed by atoms with Crippen molar-refractivity contribution < 1.29 is 23.5 Å². The number of ether oxygens (including phenoxy) is 2. The lowest BCUT2D eigenvalue weighted by atomic mass is 10.0. The van der Waals surface area contributed by atoms with Crippen LogP contribution in [-0.4, -0.2) is 36.3 Å². The quantitative estimate of drug-likeness (QED) is 0.611. The number of carbonyl (C=O) groups is 2. The third-order valence-corrected chi connectivity index (χ3v) is 3.07. The predicted molar refractivity (Wildman–Crippen MR) is 84.3 cm³/mol. The lowest BCUT2D eigenvalue weighted by Gasteiger charge is -2.19. The molecule has 0 bridgehead atoms. The van der Waals surface area contributed by atoms with Crippen LogP contribution >= 0.6 is 0 Å². The van der Waals surface area contributed by atoms with Crippen LogP contribution in [0.3, 0.4) is 0 Å². The smallest absolute Gasteiger partial charge is 0.407 e. The number of carbonyl (C=O) groups excluding carboxylic acids is 2. The third-order valence-electron chi connectivity index (χ3n) is 3.07. The summed E-state index contributed by atoms with van der Waals surface area (Å²) in [5.74, 6) is 0.106. The summed E-state index contributed by atoms with van der Waals surface area (Å²) in [6.45, 7) is 8.02. The first kappa shape index (κ1) is 19.0. The largest absolute Gasteiger partial charge is 0.464 e. The number of hydrogen-bond acceptors (Lipinski definition) is 6. The first-order valence-corrected chi connectivity index (χ1v) is 7.73. The molecule has 7 heteroatoms. The fraction of sp³-hybridized carbons (Fsp3) is 0.688. The highest BCUT2D eigenvalue weighted by molar-refractivity contribution is 5.86. The predicted octanol–water partition coefficient (Wildman–Crippen LogP) is 3.26. The average molecular weight is 326 g/mol. The molecule has 130 valence electrons. The number of hydrogen-bond donors (Lipinski definition) is 1. The molecule has 0 fully saturated rings. The van der Waals surface area contributed by atoms with Crippen LogP contribution in [0.25, 0.3) is 0 Å². The molecular weight excluding hydrogens is 300 g/mol. The minimum Gasteiger partial charge on any atom is -0.464 e. The zero-order valence-electron chi connectivity index (χ0n) is 14.5. The van der Waals surface area contributed by atoms with Gasteiger partial charge in [0, 0.05) is 12.5 Å². The minimum atomic E-state index is -0.506. The van der Waals surface area contributed by atoms with Crippen molar-refractivity contribution in [3.8, 4) is 0 Å². The fourth-order valence-electron chi connectivity index (χ4n) is 1.92. The normalized spacial score (nSPS) is 12.6. The molecule has 1 heterocycles. The van der Waals surface area contributed by atoms with Gasteiger partial charge in [-0.05, 0) is 33.6 Å². The molecule has 1 N–H and O–H groups in total. The molecule has 1 aromatic heterocycles. The molecule has 0 aliphatic rings. The monoisotopic (exact) mass is 326 g/mol. The van der Waals surface area contributed by atoms with Crippen molar-refractivity contribution in [1.82, 2.24) is 10.3 Å². The van der Waals surface area contributed by atoms with Crippen LogP contribution < -0.4 is 5.32 Å². The maximum atomic E-state index is 11.5. The Morgan fingerprint density at radius 1 is 1.35 bits per heavy atom. The van der Waals surface area contributed by atoms with E-state index in [1.807, 2.05) is 27.7 Å². The maximum Gasteiger partial charge on any atom is 0.407 e. The summed E-state index contributed by atoms with van der Waals surface area (Å²) < 4.78 is 15.0. The summed E-state index contributed by atoms with van der Waals surface area (Å²) in [7, 11) is 1.30. The Bertz CT molecular complexity index is 519. The van der Waals surface area contributed by atoms with Crippen molar-refractivity contribution in [2.45, 2.75) is 58.5 Å². The fourth-order valence-corrected chi connectivity index (χ4v) is 1.92. The van der Waals surface area contributed by atoms with Gasteiger partial charge in [0.2, 0.25) is 0 Å². The molecule has 1 rings (SSSR count). The van der Waals surface area contributed by atoms with Crippen LogP contribution in [-0.2, 0) is 9.47 Å². The highest BCUT2D eigenvalue weighted by atomic mass is 16.6.